The molecule has 20 heavy (non-hydrogen) atoms. The van der Waals surface area contributed by atoms with Gasteiger partial charge in [-0.1, -0.05) is 18.2 Å². The van der Waals surface area contributed by atoms with Crippen molar-refractivity contribution in [2.24, 2.45) is 0 Å². The molecular weight excluding hydrogens is 257 g/mol. The normalized spacial score (nSPS) is 11.8. The summed E-state index contributed by atoms with van der Waals surface area (Å²) in [4.78, 5) is 16.1. The minimum atomic E-state index is -0.423. The smallest absolute Gasteiger partial charge is 0.255 e. The Labute approximate surface area is 117 Å². The van der Waals surface area contributed by atoms with Gasteiger partial charge in [-0.25, -0.2) is 4.39 Å². The molecule has 1 heterocycles. The Morgan fingerprint density at radius 3 is 2.75 bits per heavy atom. The standard InChI is InChI=1S/C15H16FN3O/c1-10(11-5-3-4-6-13(11)16)19-15(20)12-9-18-8-7-14(12)17-2/h3-10H,1-2H3,(H,17,18)(H,19,20). The van der Waals surface area contributed by atoms with Gasteiger partial charge in [0.15, 0.2) is 0 Å². The van der Waals surface area contributed by atoms with Crippen molar-refractivity contribution in [2.75, 3.05) is 12.4 Å². The number of aromatic nitrogens is 1. The number of halogens is 1. The number of hydrogen-bond donors (Lipinski definition) is 2. The quantitative estimate of drug-likeness (QED) is 0.900. The summed E-state index contributed by atoms with van der Waals surface area (Å²) in [5.74, 6) is -0.626. The lowest BCUT2D eigenvalue weighted by Gasteiger charge is -2.16. The molecule has 0 spiro atoms. The van der Waals surface area contributed by atoms with Gasteiger partial charge in [0.1, 0.15) is 5.82 Å². The van der Waals surface area contributed by atoms with Crippen LogP contribution in [-0.2, 0) is 0 Å². The number of anilines is 1. The highest BCUT2D eigenvalue weighted by atomic mass is 19.1. The molecule has 1 unspecified atom stereocenters. The number of amides is 1. The van der Waals surface area contributed by atoms with E-state index in [0.717, 1.165) is 0 Å². The third kappa shape index (κ3) is 2.93. The summed E-state index contributed by atoms with van der Waals surface area (Å²) in [5, 5.41) is 5.70. The summed E-state index contributed by atoms with van der Waals surface area (Å²) in [6.45, 7) is 1.74. The van der Waals surface area contributed by atoms with Crippen molar-refractivity contribution in [1.82, 2.24) is 10.3 Å². The lowest BCUT2D eigenvalue weighted by atomic mass is 10.1. The predicted molar refractivity (Wildman–Crippen MR) is 76.1 cm³/mol. The molecule has 5 heteroatoms. The van der Waals surface area contributed by atoms with E-state index in [0.29, 0.717) is 16.8 Å². The molecule has 4 nitrogen and oxygen atoms in total. The first-order chi connectivity index (χ1) is 9.63. The lowest BCUT2D eigenvalue weighted by Crippen LogP contribution is -2.28. The Morgan fingerprint density at radius 2 is 2.05 bits per heavy atom. The molecular formula is C15H16FN3O. The molecule has 2 rings (SSSR count). The summed E-state index contributed by atoms with van der Waals surface area (Å²) >= 11 is 0. The Hall–Kier alpha value is -2.43. The minimum Gasteiger partial charge on any atom is -0.387 e. The van der Waals surface area contributed by atoms with E-state index in [9.17, 15) is 9.18 Å². The SMILES string of the molecule is CNc1ccncc1C(=O)NC(C)c1ccccc1F. The summed E-state index contributed by atoms with van der Waals surface area (Å²) in [6, 6.07) is 7.68. The van der Waals surface area contributed by atoms with Crippen LogP contribution in [0.15, 0.2) is 42.7 Å². The molecule has 1 amide bonds. The number of carbonyl (C=O) groups excluding carboxylic acids is 1. The molecule has 0 aliphatic carbocycles. The number of pyridine rings is 1. The average Bonchev–Trinajstić information content (AvgIpc) is 2.47. The van der Waals surface area contributed by atoms with E-state index in [1.54, 1.807) is 44.4 Å². The van der Waals surface area contributed by atoms with Gasteiger partial charge in [-0.2, -0.15) is 0 Å². The van der Waals surface area contributed by atoms with Crippen LogP contribution >= 0.6 is 0 Å². The molecule has 2 aromatic rings. The van der Waals surface area contributed by atoms with Crippen LogP contribution in [0.3, 0.4) is 0 Å². The van der Waals surface area contributed by atoms with E-state index >= 15 is 0 Å². The Morgan fingerprint density at radius 1 is 1.30 bits per heavy atom. The van der Waals surface area contributed by atoms with Gasteiger partial charge in [0, 0.05) is 30.7 Å². The number of nitrogens with one attached hydrogen (secondary N) is 2. The van der Waals surface area contributed by atoms with Crippen molar-refractivity contribution in [1.29, 1.82) is 0 Å². The van der Waals surface area contributed by atoms with E-state index in [-0.39, 0.29) is 11.7 Å². The summed E-state index contributed by atoms with van der Waals surface area (Å²) in [6.07, 6.45) is 3.08. The first-order valence-corrected chi connectivity index (χ1v) is 6.30. The van der Waals surface area contributed by atoms with Gasteiger partial charge in [-0.3, -0.25) is 9.78 Å². The fourth-order valence-electron chi connectivity index (χ4n) is 1.97. The Bertz CT molecular complexity index is 616. The van der Waals surface area contributed by atoms with E-state index in [1.165, 1.54) is 12.3 Å². The Kier molecular flexibility index (Phi) is 4.30. The van der Waals surface area contributed by atoms with Crippen molar-refractivity contribution < 1.29 is 9.18 Å². The number of rotatable bonds is 4. The van der Waals surface area contributed by atoms with Gasteiger partial charge in [0.25, 0.3) is 5.91 Å². The molecule has 0 radical (unpaired) electrons. The monoisotopic (exact) mass is 273 g/mol. The van der Waals surface area contributed by atoms with Crippen LogP contribution in [0.25, 0.3) is 0 Å². The van der Waals surface area contributed by atoms with E-state index in [2.05, 4.69) is 15.6 Å². The third-order valence-corrected chi connectivity index (χ3v) is 3.05. The zero-order valence-electron chi connectivity index (χ0n) is 11.4. The molecule has 0 fully saturated rings. The van der Waals surface area contributed by atoms with Gasteiger partial charge in [0.2, 0.25) is 0 Å². The molecule has 0 saturated carbocycles. The van der Waals surface area contributed by atoms with E-state index in [1.807, 2.05) is 0 Å². The fourth-order valence-corrected chi connectivity index (χ4v) is 1.97. The third-order valence-electron chi connectivity index (χ3n) is 3.05. The first-order valence-electron chi connectivity index (χ1n) is 6.30. The van der Waals surface area contributed by atoms with Gasteiger partial charge in [0.05, 0.1) is 11.6 Å². The first kappa shape index (κ1) is 14.0. The van der Waals surface area contributed by atoms with Gasteiger partial charge >= 0.3 is 0 Å². The molecule has 0 saturated heterocycles. The van der Waals surface area contributed by atoms with Crippen molar-refractivity contribution >= 4 is 11.6 Å². The zero-order valence-corrected chi connectivity index (χ0v) is 11.4. The van der Waals surface area contributed by atoms with Gasteiger partial charge < -0.3 is 10.6 Å². The van der Waals surface area contributed by atoms with Crippen molar-refractivity contribution in [3.05, 3.63) is 59.7 Å². The highest BCUT2D eigenvalue weighted by molar-refractivity contribution is 5.99. The lowest BCUT2D eigenvalue weighted by molar-refractivity contribution is 0.0940. The molecule has 1 aromatic heterocycles. The molecule has 1 atom stereocenters. The van der Waals surface area contributed by atoms with Gasteiger partial charge in [-0.15, -0.1) is 0 Å². The van der Waals surface area contributed by atoms with E-state index < -0.39 is 6.04 Å². The fraction of sp³-hybridized carbons (Fsp3) is 0.200. The van der Waals surface area contributed by atoms with Crippen LogP contribution < -0.4 is 10.6 Å². The average molecular weight is 273 g/mol. The van der Waals surface area contributed by atoms with Gasteiger partial charge in [-0.05, 0) is 19.1 Å². The van der Waals surface area contributed by atoms with Crippen LogP contribution in [-0.4, -0.2) is 17.9 Å². The molecule has 0 bridgehead atoms. The molecule has 0 aliphatic rings. The maximum Gasteiger partial charge on any atom is 0.255 e. The second kappa shape index (κ2) is 6.14. The molecule has 2 N–H and O–H groups in total. The van der Waals surface area contributed by atoms with Crippen molar-refractivity contribution in [2.45, 2.75) is 13.0 Å². The highest BCUT2D eigenvalue weighted by Gasteiger charge is 2.16. The van der Waals surface area contributed by atoms with Crippen molar-refractivity contribution in [3.8, 4) is 0 Å². The molecule has 1 aromatic carbocycles. The van der Waals surface area contributed by atoms with Crippen molar-refractivity contribution in [3.63, 3.8) is 0 Å². The largest absolute Gasteiger partial charge is 0.387 e. The second-order valence-corrected chi connectivity index (χ2v) is 4.39. The van der Waals surface area contributed by atoms with Crippen LogP contribution in [0.5, 0.6) is 0 Å². The Balaban J connectivity index is 2.18. The number of hydrogen-bond acceptors (Lipinski definition) is 3. The summed E-state index contributed by atoms with van der Waals surface area (Å²) < 4.78 is 13.7. The summed E-state index contributed by atoms with van der Waals surface area (Å²) in [7, 11) is 1.73. The summed E-state index contributed by atoms with van der Waals surface area (Å²) in [5.41, 5.74) is 1.56. The topological polar surface area (TPSA) is 54.0 Å². The van der Waals surface area contributed by atoms with Crippen LogP contribution in [0.2, 0.25) is 0 Å². The number of carbonyl (C=O) groups is 1. The number of nitrogens with zero attached hydrogens (tertiary/aromatic N) is 1. The van der Waals surface area contributed by atoms with Crippen LogP contribution in [0.4, 0.5) is 10.1 Å². The molecule has 104 valence electrons. The maximum atomic E-state index is 13.7. The van der Waals surface area contributed by atoms with Crippen LogP contribution in [0.1, 0.15) is 28.9 Å². The maximum absolute atomic E-state index is 13.7. The zero-order chi connectivity index (χ0) is 14.5. The minimum absolute atomic E-state index is 0.293. The van der Waals surface area contributed by atoms with E-state index in [4.69, 9.17) is 0 Å². The second-order valence-electron chi connectivity index (χ2n) is 4.39. The predicted octanol–water partition coefficient (Wildman–Crippen LogP) is 2.75. The molecule has 0 aliphatic heterocycles. The highest BCUT2D eigenvalue weighted by Crippen LogP contribution is 2.18. The van der Waals surface area contributed by atoms with Crippen LogP contribution in [0, 0.1) is 5.82 Å². The number of benzene rings is 1.